The van der Waals surface area contributed by atoms with Crippen molar-refractivity contribution in [3.05, 3.63) is 35.5 Å². The number of nitrogens with zero attached hydrogens (tertiary/aromatic N) is 1. The number of halogens is 1. The smallest absolute Gasteiger partial charge is 0.305 e. The molecule has 0 saturated carbocycles. The monoisotopic (exact) mass is 250 g/mol. The Labute approximate surface area is 103 Å². The van der Waals surface area contributed by atoms with E-state index in [0.29, 0.717) is 17.5 Å². The van der Waals surface area contributed by atoms with Crippen LogP contribution in [0.2, 0.25) is 5.15 Å². The van der Waals surface area contributed by atoms with Crippen molar-refractivity contribution in [2.45, 2.75) is 6.42 Å². The van der Waals surface area contributed by atoms with Gasteiger partial charge in [-0.15, -0.1) is 0 Å². The Morgan fingerprint density at radius 2 is 2.18 bits per heavy atom. The lowest BCUT2D eigenvalue weighted by Crippen LogP contribution is -2.08. The zero-order valence-corrected chi connectivity index (χ0v) is 9.74. The number of nitrogens with one attached hydrogen (secondary N) is 1. The number of benzene rings is 1. The molecule has 0 aliphatic heterocycles. The maximum Gasteiger partial charge on any atom is 0.305 e. The fourth-order valence-electron chi connectivity index (χ4n) is 1.59. The Kier molecular flexibility index (Phi) is 3.44. The van der Waals surface area contributed by atoms with Gasteiger partial charge in [-0.2, -0.15) is 0 Å². The first-order chi connectivity index (χ1) is 8.16. The Balaban J connectivity index is 2.29. The SMILES string of the molecule is O=C(O)CCNc1nc(Cl)cc2ccccc12. The molecule has 5 heteroatoms. The molecule has 0 aliphatic rings. The van der Waals surface area contributed by atoms with E-state index in [2.05, 4.69) is 10.3 Å². The van der Waals surface area contributed by atoms with Crippen molar-refractivity contribution in [3.8, 4) is 0 Å². The van der Waals surface area contributed by atoms with E-state index in [1.165, 1.54) is 0 Å². The van der Waals surface area contributed by atoms with Gasteiger partial charge in [-0.05, 0) is 11.5 Å². The molecule has 0 atom stereocenters. The highest BCUT2D eigenvalue weighted by Crippen LogP contribution is 2.24. The van der Waals surface area contributed by atoms with Crippen LogP contribution >= 0.6 is 11.6 Å². The second-order valence-corrected chi connectivity index (χ2v) is 3.97. The maximum absolute atomic E-state index is 10.4. The second kappa shape index (κ2) is 5.01. The molecule has 88 valence electrons. The molecular weight excluding hydrogens is 240 g/mol. The van der Waals surface area contributed by atoms with Crippen LogP contribution in [0.5, 0.6) is 0 Å². The van der Waals surface area contributed by atoms with Crippen molar-refractivity contribution < 1.29 is 9.90 Å². The summed E-state index contributed by atoms with van der Waals surface area (Å²) in [6.07, 6.45) is 0.0442. The van der Waals surface area contributed by atoms with Crippen molar-refractivity contribution in [1.29, 1.82) is 0 Å². The van der Waals surface area contributed by atoms with Gasteiger partial charge in [0.2, 0.25) is 0 Å². The van der Waals surface area contributed by atoms with Gasteiger partial charge in [0.25, 0.3) is 0 Å². The van der Waals surface area contributed by atoms with Crippen LogP contribution in [0.1, 0.15) is 6.42 Å². The molecule has 4 nitrogen and oxygen atoms in total. The third-order valence-electron chi connectivity index (χ3n) is 2.34. The summed E-state index contributed by atoms with van der Waals surface area (Å²) in [5.74, 6) is -0.224. The van der Waals surface area contributed by atoms with Gasteiger partial charge in [0.1, 0.15) is 11.0 Å². The minimum Gasteiger partial charge on any atom is -0.481 e. The van der Waals surface area contributed by atoms with Gasteiger partial charge in [0, 0.05) is 11.9 Å². The number of carboxylic acid groups (broad SMARTS) is 1. The number of carbonyl (C=O) groups is 1. The Bertz CT molecular complexity index is 557. The molecule has 1 aromatic heterocycles. The molecule has 0 unspecified atom stereocenters. The molecule has 0 bridgehead atoms. The summed E-state index contributed by atoms with van der Waals surface area (Å²) < 4.78 is 0. The van der Waals surface area contributed by atoms with Crippen LogP contribution in [0.4, 0.5) is 5.82 Å². The molecular formula is C12H11ClN2O2. The molecule has 1 heterocycles. The number of hydrogen-bond acceptors (Lipinski definition) is 3. The standard InChI is InChI=1S/C12H11ClN2O2/c13-10-7-8-3-1-2-4-9(8)12(15-10)14-6-5-11(16)17/h1-4,7H,5-6H2,(H,14,15)(H,16,17). The zero-order chi connectivity index (χ0) is 12.3. The number of anilines is 1. The quantitative estimate of drug-likeness (QED) is 0.819. The molecule has 0 saturated heterocycles. The third kappa shape index (κ3) is 2.85. The van der Waals surface area contributed by atoms with Gasteiger partial charge >= 0.3 is 5.97 Å². The highest BCUT2D eigenvalue weighted by Gasteiger charge is 2.04. The van der Waals surface area contributed by atoms with E-state index < -0.39 is 5.97 Å². The van der Waals surface area contributed by atoms with Crippen molar-refractivity contribution in [1.82, 2.24) is 4.98 Å². The van der Waals surface area contributed by atoms with Gasteiger partial charge in [-0.1, -0.05) is 35.9 Å². The zero-order valence-electron chi connectivity index (χ0n) is 8.98. The van der Waals surface area contributed by atoms with Crippen LogP contribution in [0.25, 0.3) is 10.8 Å². The van der Waals surface area contributed by atoms with E-state index in [1.54, 1.807) is 6.07 Å². The van der Waals surface area contributed by atoms with Crippen LogP contribution in [-0.2, 0) is 4.79 Å². The summed E-state index contributed by atoms with van der Waals surface area (Å²) >= 11 is 5.90. The van der Waals surface area contributed by atoms with Gasteiger partial charge in [-0.25, -0.2) is 4.98 Å². The fourth-order valence-corrected chi connectivity index (χ4v) is 1.79. The molecule has 0 radical (unpaired) electrons. The summed E-state index contributed by atoms with van der Waals surface area (Å²) in [5.41, 5.74) is 0. The summed E-state index contributed by atoms with van der Waals surface area (Å²) in [6.45, 7) is 0.326. The summed E-state index contributed by atoms with van der Waals surface area (Å²) in [6, 6.07) is 9.45. The van der Waals surface area contributed by atoms with Crippen LogP contribution in [-0.4, -0.2) is 22.6 Å². The fraction of sp³-hybridized carbons (Fsp3) is 0.167. The van der Waals surface area contributed by atoms with E-state index in [0.717, 1.165) is 10.8 Å². The van der Waals surface area contributed by atoms with Crippen LogP contribution in [0, 0.1) is 0 Å². The lowest BCUT2D eigenvalue weighted by molar-refractivity contribution is -0.136. The molecule has 0 spiro atoms. The molecule has 2 N–H and O–H groups in total. The minimum absolute atomic E-state index is 0.0442. The lowest BCUT2D eigenvalue weighted by Gasteiger charge is -2.08. The van der Waals surface area contributed by atoms with Crippen LogP contribution in [0.3, 0.4) is 0 Å². The number of pyridine rings is 1. The number of carboxylic acids is 1. The number of aromatic nitrogens is 1. The summed E-state index contributed by atoms with van der Waals surface area (Å²) in [5, 5.41) is 13.9. The molecule has 2 rings (SSSR count). The summed E-state index contributed by atoms with van der Waals surface area (Å²) in [4.78, 5) is 14.6. The number of aliphatic carboxylic acids is 1. The Hall–Kier alpha value is -1.81. The highest BCUT2D eigenvalue weighted by atomic mass is 35.5. The normalized spacial score (nSPS) is 10.4. The predicted molar refractivity (Wildman–Crippen MR) is 67.5 cm³/mol. The highest BCUT2D eigenvalue weighted by molar-refractivity contribution is 6.30. The maximum atomic E-state index is 10.4. The van der Waals surface area contributed by atoms with Gasteiger partial charge < -0.3 is 10.4 Å². The summed E-state index contributed by atoms with van der Waals surface area (Å²) in [7, 11) is 0. The van der Waals surface area contributed by atoms with Gasteiger partial charge in [0.05, 0.1) is 6.42 Å². The average Bonchev–Trinajstić information content (AvgIpc) is 2.28. The Morgan fingerprint density at radius 3 is 2.94 bits per heavy atom. The van der Waals surface area contributed by atoms with Crippen molar-refractivity contribution >= 4 is 34.2 Å². The van der Waals surface area contributed by atoms with Gasteiger partial charge in [0.15, 0.2) is 0 Å². The number of fused-ring (bicyclic) bond motifs is 1. The number of hydrogen-bond donors (Lipinski definition) is 2. The van der Waals surface area contributed by atoms with Crippen molar-refractivity contribution in [2.75, 3.05) is 11.9 Å². The first-order valence-electron chi connectivity index (χ1n) is 5.18. The van der Waals surface area contributed by atoms with Crippen molar-refractivity contribution in [2.24, 2.45) is 0 Å². The second-order valence-electron chi connectivity index (χ2n) is 3.59. The molecule has 0 aliphatic carbocycles. The minimum atomic E-state index is -0.844. The van der Waals surface area contributed by atoms with Crippen molar-refractivity contribution in [3.63, 3.8) is 0 Å². The van der Waals surface area contributed by atoms with Crippen LogP contribution in [0.15, 0.2) is 30.3 Å². The predicted octanol–water partition coefficient (Wildman–Crippen LogP) is 2.77. The number of rotatable bonds is 4. The Morgan fingerprint density at radius 1 is 1.41 bits per heavy atom. The van der Waals surface area contributed by atoms with Gasteiger partial charge in [-0.3, -0.25) is 4.79 Å². The lowest BCUT2D eigenvalue weighted by atomic mass is 10.1. The topological polar surface area (TPSA) is 62.2 Å². The van der Waals surface area contributed by atoms with E-state index in [1.807, 2.05) is 24.3 Å². The molecule has 0 amide bonds. The molecule has 2 aromatic rings. The first-order valence-corrected chi connectivity index (χ1v) is 5.55. The molecule has 1 aromatic carbocycles. The molecule has 0 fully saturated rings. The average molecular weight is 251 g/mol. The van der Waals surface area contributed by atoms with E-state index in [9.17, 15) is 4.79 Å². The van der Waals surface area contributed by atoms with Crippen LogP contribution < -0.4 is 5.32 Å². The first kappa shape index (κ1) is 11.7. The van der Waals surface area contributed by atoms with E-state index in [4.69, 9.17) is 16.7 Å². The van der Waals surface area contributed by atoms with E-state index in [-0.39, 0.29) is 6.42 Å². The third-order valence-corrected chi connectivity index (χ3v) is 2.53. The largest absolute Gasteiger partial charge is 0.481 e. The molecule has 17 heavy (non-hydrogen) atoms. The van der Waals surface area contributed by atoms with E-state index >= 15 is 0 Å².